The summed E-state index contributed by atoms with van der Waals surface area (Å²) in [5.41, 5.74) is 5.26. The Morgan fingerprint density at radius 2 is 1.78 bits per heavy atom. The van der Waals surface area contributed by atoms with Crippen LogP contribution >= 0.6 is 0 Å². The van der Waals surface area contributed by atoms with Crippen molar-refractivity contribution in [2.45, 2.75) is 32.7 Å². The fraction of sp³-hybridized carbons (Fsp3) is 0.444. The Balaban J connectivity index is 1.36. The summed E-state index contributed by atoms with van der Waals surface area (Å²) in [5.74, 6) is 1.46. The number of rotatable bonds is 6. The van der Waals surface area contributed by atoms with Gasteiger partial charge >= 0.3 is 0 Å². The van der Waals surface area contributed by atoms with E-state index in [-0.39, 0.29) is 0 Å². The van der Waals surface area contributed by atoms with Crippen LogP contribution in [0.4, 0.5) is 5.69 Å². The number of guanidine groups is 1. The molecule has 0 bridgehead atoms. The molecule has 2 aromatic carbocycles. The first-order valence-electron chi connectivity index (χ1n) is 12.0. The van der Waals surface area contributed by atoms with E-state index in [0.29, 0.717) is 19.1 Å². The molecule has 0 unspecified atom stereocenters. The van der Waals surface area contributed by atoms with Gasteiger partial charge in [-0.05, 0) is 60.9 Å². The van der Waals surface area contributed by atoms with Gasteiger partial charge < -0.3 is 20.2 Å². The van der Waals surface area contributed by atoms with E-state index in [9.17, 15) is 5.11 Å². The lowest BCUT2D eigenvalue weighted by atomic mass is 9.97. The van der Waals surface area contributed by atoms with Crippen molar-refractivity contribution in [3.8, 4) is 0 Å². The maximum absolute atomic E-state index is 9.34. The molecule has 2 aromatic rings. The molecule has 0 spiro atoms. The van der Waals surface area contributed by atoms with E-state index >= 15 is 0 Å². The van der Waals surface area contributed by atoms with Crippen LogP contribution in [-0.2, 0) is 6.54 Å². The first-order chi connectivity index (χ1) is 15.8. The molecule has 5 nitrogen and oxygen atoms in total. The lowest BCUT2D eigenvalue weighted by Gasteiger charge is -2.33. The molecule has 0 aliphatic carbocycles. The molecule has 0 saturated carbocycles. The molecule has 2 aliphatic rings. The van der Waals surface area contributed by atoms with E-state index in [1.807, 2.05) is 0 Å². The number of hydrogen-bond donors (Lipinski definition) is 2. The molecule has 5 heteroatoms. The third-order valence-corrected chi connectivity index (χ3v) is 6.57. The molecule has 0 radical (unpaired) electrons. The Labute approximate surface area is 192 Å². The Morgan fingerprint density at radius 1 is 1.03 bits per heavy atom. The Bertz CT molecular complexity index is 899. The molecule has 0 aromatic heterocycles. The Hall–Kier alpha value is -2.79. The molecule has 0 atom stereocenters. The number of anilines is 1. The van der Waals surface area contributed by atoms with Crippen molar-refractivity contribution in [1.29, 1.82) is 0 Å². The van der Waals surface area contributed by atoms with Crippen molar-refractivity contribution in [2.24, 2.45) is 10.9 Å². The maximum Gasteiger partial charge on any atom is 0.194 e. The van der Waals surface area contributed by atoms with Crippen LogP contribution in [-0.4, -0.2) is 55.3 Å². The zero-order chi connectivity index (χ0) is 22.2. The van der Waals surface area contributed by atoms with Crippen molar-refractivity contribution in [3.63, 3.8) is 0 Å². The van der Waals surface area contributed by atoms with Gasteiger partial charge in [-0.1, -0.05) is 48.5 Å². The van der Waals surface area contributed by atoms with Crippen LogP contribution in [0.25, 0.3) is 5.57 Å². The van der Waals surface area contributed by atoms with Crippen LogP contribution in [0.15, 0.2) is 65.7 Å². The summed E-state index contributed by atoms with van der Waals surface area (Å²) in [6.07, 6.45) is 5.52. The minimum atomic E-state index is 0.319. The van der Waals surface area contributed by atoms with Gasteiger partial charge in [0.2, 0.25) is 0 Å². The molecule has 2 N–H and O–H groups in total. The van der Waals surface area contributed by atoms with Gasteiger partial charge in [-0.3, -0.25) is 0 Å². The summed E-state index contributed by atoms with van der Waals surface area (Å²) in [4.78, 5) is 9.70. The molecule has 2 aliphatic heterocycles. The largest absolute Gasteiger partial charge is 0.396 e. The number of aliphatic hydroxyl groups excluding tert-OH is 1. The molecular weight excluding hydrogens is 396 g/mol. The van der Waals surface area contributed by atoms with E-state index in [1.54, 1.807) is 0 Å². The summed E-state index contributed by atoms with van der Waals surface area (Å²) < 4.78 is 0. The lowest BCUT2D eigenvalue weighted by molar-refractivity contribution is 0.203. The van der Waals surface area contributed by atoms with Crippen molar-refractivity contribution in [3.05, 3.63) is 71.8 Å². The molecule has 4 rings (SSSR count). The predicted octanol–water partition coefficient (Wildman–Crippen LogP) is 4.15. The highest BCUT2D eigenvalue weighted by molar-refractivity contribution is 5.81. The fourth-order valence-corrected chi connectivity index (χ4v) is 4.55. The first-order valence-corrected chi connectivity index (χ1v) is 12.0. The van der Waals surface area contributed by atoms with E-state index in [1.165, 1.54) is 22.4 Å². The molecule has 1 saturated heterocycles. The zero-order valence-corrected chi connectivity index (χ0v) is 19.2. The van der Waals surface area contributed by atoms with Gasteiger partial charge in [0.1, 0.15) is 0 Å². The number of hydrogen-bond acceptors (Lipinski definition) is 3. The summed E-state index contributed by atoms with van der Waals surface area (Å²) in [7, 11) is 0. The standard InChI is InChI=1S/C27H36N4O/c1-2-28-27(31-18-14-25(15-19-31)24-6-4-3-5-7-24)29-20-22-8-10-26(11-9-22)30-16-12-23(21-32)13-17-30/h3-11,14,23,32H,2,12-13,15-21H2,1H3,(H,28,29). The van der Waals surface area contributed by atoms with Gasteiger partial charge in [0.25, 0.3) is 0 Å². The minimum Gasteiger partial charge on any atom is -0.396 e. The van der Waals surface area contributed by atoms with E-state index in [4.69, 9.17) is 4.99 Å². The molecule has 0 amide bonds. The summed E-state index contributed by atoms with van der Waals surface area (Å²) in [5, 5.41) is 12.8. The number of nitrogens with one attached hydrogen (secondary N) is 1. The third-order valence-electron chi connectivity index (χ3n) is 6.57. The van der Waals surface area contributed by atoms with Gasteiger partial charge in [0, 0.05) is 45.0 Å². The van der Waals surface area contributed by atoms with E-state index in [2.05, 4.69) is 82.7 Å². The van der Waals surface area contributed by atoms with Crippen LogP contribution in [0, 0.1) is 5.92 Å². The summed E-state index contributed by atoms with van der Waals surface area (Å²) >= 11 is 0. The van der Waals surface area contributed by atoms with Crippen molar-refractivity contribution < 1.29 is 5.11 Å². The highest BCUT2D eigenvalue weighted by Crippen LogP contribution is 2.24. The predicted molar refractivity (Wildman–Crippen MR) is 134 cm³/mol. The quantitative estimate of drug-likeness (QED) is 0.532. The molecule has 32 heavy (non-hydrogen) atoms. The van der Waals surface area contributed by atoms with Crippen LogP contribution < -0.4 is 10.2 Å². The normalized spacial score (nSPS) is 17.9. The first kappa shape index (κ1) is 22.4. The minimum absolute atomic E-state index is 0.319. The Morgan fingerprint density at radius 3 is 2.41 bits per heavy atom. The van der Waals surface area contributed by atoms with Crippen molar-refractivity contribution in [1.82, 2.24) is 10.2 Å². The number of nitrogens with zero attached hydrogens (tertiary/aromatic N) is 3. The second kappa shape index (κ2) is 11.2. The monoisotopic (exact) mass is 432 g/mol. The molecule has 2 heterocycles. The van der Waals surface area contributed by atoms with Crippen LogP contribution in [0.5, 0.6) is 0 Å². The topological polar surface area (TPSA) is 51.1 Å². The van der Waals surface area contributed by atoms with Gasteiger partial charge in [-0.2, -0.15) is 0 Å². The van der Waals surface area contributed by atoms with Gasteiger partial charge in [0.15, 0.2) is 5.96 Å². The second-order valence-corrected chi connectivity index (χ2v) is 8.74. The summed E-state index contributed by atoms with van der Waals surface area (Å²) in [6, 6.07) is 19.5. The van der Waals surface area contributed by atoms with Crippen LogP contribution in [0.1, 0.15) is 37.3 Å². The second-order valence-electron chi connectivity index (χ2n) is 8.74. The Kier molecular flexibility index (Phi) is 7.83. The van der Waals surface area contributed by atoms with E-state index < -0.39 is 0 Å². The highest BCUT2D eigenvalue weighted by atomic mass is 16.3. The fourth-order valence-electron chi connectivity index (χ4n) is 4.55. The molecular formula is C27H36N4O. The smallest absolute Gasteiger partial charge is 0.194 e. The third kappa shape index (κ3) is 5.71. The van der Waals surface area contributed by atoms with Gasteiger partial charge in [-0.25, -0.2) is 4.99 Å². The number of aliphatic hydroxyl groups is 1. The highest BCUT2D eigenvalue weighted by Gasteiger charge is 2.19. The molecule has 1 fully saturated rings. The number of piperidine rings is 1. The lowest BCUT2D eigenvalue weighted by Crippen LogP contribution is -2.43. The maximum atomic E-state index is 9.34. The zero-order valence-electron chi connectivity index (χ0n) is 19.2. The van der Waals surface area contributed by atoms with Crippen LogP contribution in [0.3, 0.4) is 0 Å². The van der Waals surface area contributed by atoms with Crippen LogP contribution in [0.2, 0.25) is 0 Å². The SMILES string of the molecule is CCNC(=NCc1ccc(N2CCC(CO)CC2)cc1)N1CC=C(c2ccccc2)CC1. The number of aliphatic imine (C=N–C) groups is 1. The number of benzene rings is 2. The van der Waals surface area contributed by atoms with Gasteiger partial charge in [0.05, 0.1) is 6.54 Å². The average Bonchev–Trinajstić information content (AvgIpc) is 2.87. The average molecular weight is 433 g/mol. The van der Waals surface area contributed by atoms with E-state index in [0.717, 1.165) is 57.9 Å². The molecule has 170 valence electrons. The summed E-state index contributed by atoms with van der Waals surface area (Å²) in [6.45, 7) is 7.92. The van der Waals surface area contributed by atoms with Crippen molar-refractivity contribution >= 4 is 17.2 Å². The van der Waals surface area contributed by atoms with Gasteiger partial charge in [-0.15, -0.1) is 0 Å². The van der Waals surface area contributed by atoms with Crippen molar-refractivity contribution in [2.75, 3.05) is 44.2 Å².